The van der Waals surface area contributed by atoms with Crippen molar-refractivity contribution in [2.45, 2.75) is 52.6 Å². The Morgan fingerprint density at radius 2 is 1.97 bits per heavy atom. The van der Waals surface area contributed by atoms with Crippen LogP contribution in [-0.2, 0) is 17.6 Å². The second-order valence-corrected chi connectivity index (χ2v) is 9.01. The minimum absolute atomic E-state index is 0.195. The Kier molecular flexibility index (Phi) is 4.99. The number of carbonyl (C=O) groups is 1. The van der Waals surface area contributed by atoms with E-state index in [1.54, 1.807) is 7.11 Å². The molecule has 0 spiro atoms. The minimum Gasteiger partial charge on any atom is -0.497 e. The van der Waals surface area contributed by atoms with Crippen LogP contribution < -0.4 is 10.5 Å². The molecule has 0 atom stereocenters. The number of rotatable bonds is 4. The number of hydrogen-bond donors (Lipinski definition) is 1. The van der Waals surface area contributed by atoms with Gasteiger partial charge in [0.2, 0.25) is 0 Å². The maximum Gasteiger partial charge on any atom is 0.350 e. The molecular formula is C23H26N2O3S. The topological polar surface area (TPSA) is 74.4 Å². The van der Waals surface area contributed by atoms with Gasteiger partial charge in [-0.15, -0.1) is 11.3 Å². The number of aryl methyl sites for hydroxylation is 1. The van der Waals surface area contributed by atoms with Crippen LogP contribution in [0.25, 0.3) is 21.5 Å². The minimum atomic E-state index is -0.377. The van der Waals surface area contributed by atoms with Gasteiger partial charge in [-0.1, -0.05) is 13.8 Å². The van der Waals surface area contributed by atoms with Gasteiger partial charge < -0.3 is 15.2 Å². The van der Waals surface area contributed by atoms with E-state index in [2.05, 4.69) is 26.0 Å². The Hall–Kier alpha value is -2.60. The Morgan fingerprint density at radius 3 is 2.62 bits per heavy atom. The second kappa shape index (κ2) is 7.34. The van der Waals surface area contributed by atoms with Crippen molar-refractivity contribution in [3.05, 3.63) is 39.8 Å². The van der Waals surface area contributed by atoms with Crippen molar-refractivity contribution in [1.29, 1.82) is 0 Å². The Morgan fingerprint density at radius 1 is 1.21 bits per heavy atom. The number of nitrogens with zero attached hydrogens (tertiary/aromatic N) is 1. The molecule has 4 rings (SSSR count). The normalized spacial score (nSPS) is 12.9. The highest BCUT2D eigenvalue weighted by Gasteiger charge is 2.29. The first-order valence-electron chi connectivity index (χ1n) is 9.94. The van der Waals surface area contributed by atoms with Crippen LogP contribution in [-0.4, -0.2) is 24.2 Å². The molecular weight excluding hydrogens is 384 g/mol. The molecule has 29 heavy (non-hydrogen) atoms. The molecule has 2 aromatic heterocycles. The van der Waals surface area contributed by atoms with Crippen LogP contribution >= 0.6 is 11.3 Å². The van der Waals surface area contributed by atoms with E-state index in [9.17, 15) is 4.79 Å². The van der Waals surface area contributed by atoms with Gasteiger partial charge in [-0.25, -0.2) is 9.78 Å². The van der Waals surface area contributed by atoms with Crippen LogP contribution in [0.2, 0.25) is 0 Å². The fraction of sp³-hybridized carbons (Fsp3) is 0.391. The molecule has 2 heterocycles. The maximum absolute atomic E-state index is 12.6. The third-order valence-electron chi connectivity index (χ3n) is 5.34. The monoisotopic (exact) mass is 410 g/mol. The van der Waals surface area contributed by atoms with Crippen LogP contribution in [0.15, 0.2) is 18.2 Å². The standard InChI is InChI=1S/C23H26N2O3S/c1-11(2)17-16-8-6-13-10-14(27-5)7-9-15(13)20(16)25-22-18(17)19(24)21(29-22)23(26)28-12(3)4/h7,9-12H,6,8,24H2,1-5H3. The quantitative estimate of drug-likeness (QED) is 0.588. The summed E-state index contributed by atoms with van der Waals surface area (Å²) in [7, 11) is 1.68. The molecule has 5 nitrogen and oxygen atoms in total. The summed E-state index contributed by atoms with van der Waals surface area (Å²) in [6, 6.07) is 6.15. The summed E-state index contributed by atoms with van der Waals surface area (Å²) in [5.74, 6) is 0.745. The fourth-order valence-corrected chi connectivity index (χ4v) is 5.14. The van der Waals surface area contributed by atoms with Gasteiger partial charge in [0, 0.05) is 10.9 Å². The maximum atomic E-state index is 12.6. The van der Waals surface area contributed by atoms with Gasteiger partial charge in [0.05, 0.1) is 24.6 Å². The highest BCUT2D eigenvalue weighted by Crippen LogP contribution is 2.45. The summed E-state index contributed by atoms with van der Waals surface area (Å²) in [4.78, 5) is 18.8. The summed E-state index contributed by atoms with van der Waals surface area (Å²) in [6.07, 6.45) is 1.63. The Bertz CT molecular complexity index is 1120. The first kappa shape index (κ1) is 19.7. The molecule has 1 aliphatic carbocycles. The number of methoxy groups -OCH3 is 1. The van der Waals surface area contributed by atoms with Crippen molar-refractivity contribution in [1.82, 2.24) is 4.98 Å². The molecule has 0 fully saturated rings. The van der Waals surface area contributed by atoms with Crippen LogP contribution in [0, 0.1) is 0 Å². The smallest absolute Gasteiger partial charge is 0.350 e. The molecule has 3 aromatic rings. The van der Waals surface area contributed by atoms with Gasteiger partial charge in [-0.3, -0.25) is 0 Å². The van der Waals surface area contributed by atoms with Crippen molar-refractivity contribution in [3.8, 4) is 17.0 Å². The fourth-order valence-electron chi connectivity index (χ4n) is 4.14. The highest BCUT2D eigenvalue weighted by molar-refractivity contribution is 7.21. The van der Waals surface area contributed by atoms with E-state index < -0.39 is 0 Å². The van der Waals surface area contributed by atoms with E-state index in [1.165, 1.54) is 28.0 Å². The number of esters is 1. The van der Waals surface area contributed by atoms with Crippen LogP contribution in [0.3, 0.4) is 0 Å². The highest BCUT2D eigenvalue weighted by atomic mass is 32.1. The number of fused-ring (bicyclic) bond motifs is 4. The van der Waals surface area contributed by atoms with E-state index in [-0.39, 0.29) is 18.0 Å². The molecule has 1 aliphatic rings. The number of pyridine rings is 1. The second-order valence-electron chi connectivity index (χ2n) is 8.01. The summed E-state index contributed by atoms with van der Waals surface area (Å²) < 4.78 is 10.8. The zero-order valence-corrected chi connectivity index (χ0v) is 18.3. The average Bonchev–Trinajstić information content (AvgIpc) is 3.01. The largest absolute Gasteiger partial charge is 0.497 e. The molecule has 152 valence electrons. The zero-order valence-electron chi connectivity index (χ0n) is 17.5. The number of thiophene rings is 1. The molecule has 6 heteroatoms. The van der Waals surface area contributed by atoms with Crippen molar-refractivity contribution in [3.63, 3.8) is 0 Å². The van der Waals surface area contributed by atoms with E-state index in [0.717, 1.165) is 40.1 Å². The molecule has 1 aromatic carbocycles. The lowest BCUT2D eigenvalue weighted by Crippen LogP contribution is -2.12. The van der Waals surface area contributed by atoms with Crippen LogP contribution in [0.5, 0.6) is 5.75 Å². The SMILES string of the molecule is COc1ccc2c(c1)CCc1c-2nc2sc(C(=O)OC(C)C)c(N)c2c1C(C)C. The van der Waals surface area contributed by atoms with Crippen molar-refractivity contribution >= 4 is 33.2 Å². The molecule has 0 saturated heterocycles. The first-order chi connectivity index (χ1) is 13.8. The third-order valence-corrected chi connectivity index (χ3v) is 6.42. The molecule has 2 N–H and O–H groups in total. The first-order valence-corrected chi connectivity index (χ1v) is 10.8. The summed E-state index contributed by atoms with van der Waals surface area (Å²) in [6.45, 7) is 8.01. The van der Waals surface area contributed by atoms with Gasteiger partial charge in [0.1, 0.15) is 15.5 Å². The molecule has 0 radical (unpaired) electrons. The molecule has 0 bridgehead atoms. The molecule has 0 amide bonds. The molecule has 0 saturated carbocycles. The predicted octanol–water partition coefficient (Wildman–Crippen LogP) is 5.34. The summed E-state index contributed by atoms with van der Waals surface area (Å²) >= 11 is 1.33. The van der Waals surface area contributed by atoms with Gasteiger partial charge >= 0.3 is 5.97 Å². The van der Waals surface area contributed by atoms with Crippen molar-refractivity contribution in [2.24, 2.45) is 0 Å². The number of benzene rings is 1. The average molecular weight is 411 g/mol. The van der Waals surface area contributed by atoms with Gasteiger partial charge in [-0.2, -0.15) is 0 Å². The summed E-state index contributed by atoms with van der Waals surface area (Å²) in [5, 5.41) is 0.913. The lowest BCUT2D eigenvalue weighted by Gasteiger charge is -2.24. The number of hydrogen-bond acceptors (Lipinski definition) is 6. The number of anilines is 1. The van der Waals surface area contributed by atoms with Gasteiger partial charge in [0.25, 0.3) is 0 Å². The van der Waals surface area contributed by atoms with Crippen molar-refractivity contribution in [2.75, 3.05) is 12.8 Å². The number of aromatic nitrogens is 1. The van der Waals surface area contributed by atoms with Crippen LogP contribution in [0.1, 0.15) is 60.0 Å². The Balaban J connectivity index is 1.97. The van der Waals surface area contributed by atoms with E-state index >= 15 is 0 Å². The zero-order chi connectivity index (χ0) is 20.9. The van der Waals surface area contributed by atoms with Crippen molar-refractivity contribution < 1.29 is 14.3 Å². The lowest BCUT2D eigenvalue weighted by atomic mass is 9.82. The van der Waals surface area contributed by atoms with E-state index in [4.69, 9.17) is 20.2 Å². The van der Waals surface area contributed by atoms with Crippen LogP contribution in [0.4, 0.5) is 5.69 Å². The van der Waals surface area contributed by atoms with Gasteiger partial charge in [-0.05, 0) is 67.5 Å². The van der Waals surface area contributed by atoms with E-state index in [1.807, 2.05) is 19.9 Å². The lowest BCUT2D eigenvalue weighted by molar-refractivity contribution is 0.0385. The number of nitrogen functional groups attached to an aromatic ring is 1. The number of ether oxygens (including phenoxy) is 2. The predicted molar refractivity (Wildman–Crippen MR) is 118 cm³/mol. The summed E-state index contributed by atoms with van der Waals surface area (Å²) in [5.41, 5.74) is 12.8. The number of nitrogens with two attached hydrogens (primary N) is 1. The Labute approximate surface area is 174 Å². The van der Waals surface area contributed by atoms with Gasteiger partial charge in [0.15, 0.2) is 0 Å². The molecule has 0 aliphatic heterocycles. The molecule has 0 unspecified atom stereocenters. The van der Waals surface area contributed by atoms with E-state index in [0.29, 0.717) is 10.6 Å². The number of carbonyl (C=O) groups excluding carboxylic acids is 1. The third kappa shape index (κ3) is 3.25.